The van der Waals surface area contributed by atoms with Crippen LogP contribution in [0.1, 0.15) is 5.56 Å². The quantitative estimate of drug-likeness (QED) is 0.754. The minimum atomic E-state index is -1.16. The third-order valence-corrected chi connectivity index (χ3v) is 1.67. The van der Waals surface area contributed by atoms with E-state index in [0.29, 0.717) is 0 Å². The topological polar surface area (TPSA) is 37.3 Å². The second-order valence-corrected chi connectivity index (χ2v) is 2.85. The van der Waals surface area contributed by atoms with Gasteiger partial charge in [-0.25, -0.2) is 8.78 Å². The molecular formula is C8H5ClF2O2. The molecule has 0 saturated carbocycles. The summed E-state index contributed by atoms with van der Waals surface area (Å²) in [5.74, 6) is -3.42. The summed E-state index contributed by atoms with van der Waals surface area (Å²) in [4.78, 5) is 10.2. The number of hydrogen-bond acceptors (Lipinski definition) is 1. The highest BCUT2D eigenvalue weighted by Gasteiger charge is 2.10. The smallest absolute Gasteiger partial charge is 0.307 e. The summed E-state index contributed by atoms with van der Waals surface area (Å²) in [6.45, 7) is 0. The molecule has 0 atom stereocenters. The predicted molar refractivity (Wildman–Crippen MR) is 42.7 cm³/mol. The van der Waals surface area contributed by atoms with Gasteiger partial charge in [0.15, 0.2) is 11.6 Å². The van der Waals surface area contributed by atoms with Crippen molar-refractivity contribution in [1.82, 2.24) is 0 Å². The van der Waals surface area contributed by atoms with Gasteiger partial charge in [0.05, 0.1) is 11.4 Å². The molecule has 2 nitrogen and oxygen atoms in total. The Morgan fingerprint density at radius 1 is 1.46 bits per heavy atom. The largest absolute Gasteiger partial charge is 0.481 e. The predicted octanol–water partition coefficient (Wildman–Crippen LogP) is 2.25. The number of carbonyl (C=O) groups is 1. The van der Waals surface area contributed by atoms with Gasteiger partial charge in [0, 0.05) is 0 Å². The Kier molecular flexibility index (Phi) is 2.83. The molecule has 0 unspecified atom stereocenters. The summed E-state index contributed by atoms with van der Waals surface area (Å²) in [7, 11) is 0. The monoisotopic (exact) mass is 206 g/mol. The summed E-state index contributed by atoms with van der Waals surface area (Å²) in [6.07, 6.45) is -0.378. The molecule has 1 rings (SSSR count). The van der Waals surface area contributed by atoms with Crippen LogP contribution in [0.25, 0.3) is 0 Å². The van der Waals surface area contributed by atoms with Crippen molar-refractivity contribution in [1.29, 1.82) is 0 Å². The lowest BCUT2D eigenvalue weighted by atomic mass is 10.1. The maximum Gasteiger partial charge on any atom is 0.307 e. The first-order valence-electron chi connectivity index (χ1n) is 3.36. The number of carboxylic acid groups (broad SMARTS) is 1. The van der Waals surface area contributed by atoms with Crippen LogP contribution in [0.3, 0.4) is 0 Å². The van der Waals surface area contributed by atoms with Gasteiger partial charge in [-0.15, -0.1) is 0 Å². The number of carboxylic acids is 1. The molecule has 0 aliphatic heterocycles. The Hall–Kier alpha value is -1.16. The number of aliphatic carboxylic acids is 1. The van der Waals surface area contributed by atoms with Gasteiger partial charge in [-0.3, -0.25) is 4.79 Å². The van der Waals surface area contributed by atoms with Gasteiger partial charge in [-0.05, 0) is 17.7 Å². The van der Waals surface area contributed by atoms with Crippen molar-refractivity contribution in [3.8, 4) is 0 Å². The molecule has 0 amide bonds. The number of benzene rings is 1. The SMILES string of the molecule is O=C(O)Cc1cc(F)c(F)c(Cl)c1. The molecule has 0 spiro atoms. The van der Waals surface area contributed by atoms with E-state index in [9.17, 15) is 13.6 Å². The zero-order valence-corrected chi connectivity index (χ0v) is 7.11. The summed E-state index contributed by atoms with van der Waals surface area (Å²) < 4.78 is 25.2. The first kappa shape index (κ1) is 9.92. The summed E-state index contributed by atoms with van der Waals surface area (Å²) in [5.41, 5.74) is 0.136. The van der Waals surface area contributed by atoms with Gasteiger partial charge >= 0.3 is 5.97 Å². The summed E-state index contributed by atoms with van der Waals surface area (Å²) >= 11 is 5.29. The third-order valence-electron chi connectivity index (χ3n) is 1.40. The van der Waals surface area contributed by atoms with Crippen LogP contribution in [-0.2, 0) is 11.2 Å². The van der Waals surface area contributed by atoms with Crippen LogP contribution in [0.15, 0.2) is 12.1 Å². The van der Waals surface area contributed by atoms with E-state index in [4.69, 9.17) is 16.7 Å². The maximum atomic E-state index is 12.6. The average Bonchev–Trinajstić information content (AvgIpc) is 1.98. The Labute approximate surface area is 77.8 Å². The van der Waals surface area contributed by atoms with Crippen molar-refractivity contribution in [3.05, 3.63) is 34.4 Å². The van der Waals surface area contributed by atoms with Crippen LogP contribution < -0.4 is 0 Å². The Morgan fingerprint density at radius 3 is 2.54 bits per heavy atom. The molecule has 0 aromatic heterocycles. The highest BCUT2D eigenvalue weighted by Crippen LogP contribution is 2.19. The Balaban J connectivity index is 3.06. The van der Waals surface area contributed by atoms with Crippen LogP contribution in [0.4, 0.5) is 8.78 Å². The van der Waals surface area contributed by atoms with E-state index in [0.717, 1.165) is 12.1 Å². The van der Waals surface area contributed by atoms with Crippen LogP contribution in [0.5, 0.6) is 0 Å². The second kappa shape index (κ2) is 3.70. The number of hydrogen-bond donors (Lipinski definition) is 1. The van der Waals surface area contributed by atoms with Gasteiger partial charge in [-0.2, -0.15) is 0 Å². The maximum absolute atomic E-state index is 12.6. The van der Waals surface area contributed by atoms with Gasteiger partial charge in [0.2, 0.25) is 0 Å². The fourth-order valence-electron chi connectivity index (χ4n) is 0.885. The van der Waals surface area contributed by atoms with E-state index in [1.807, 2.05) is 0 Å². The van der Waals surface area contributed by atoms with Gasteiger partial charge < -0.3 is 5.11 Å². The van der Waals surface area contributed by atoms with Crippen molar-refractivity contribution >= 4 is 17.6 Å². The van der Waals surface area contributed by atoms with Crippen molar-refractivity contribution in [3.63, 3.8) is 0 Å². The highest BCUT2D eigenvalue weighted by atomic mass is 35.5. The van der Waals surface area contributed by atoms with Crippen molar-refractivity contribution in [2.24, 2.45) is 0 Å². The number of rotatable bonds is 2. The van der Waals surface area contributed by atoms with E-state index < -0.39 is 22.6 Å². The summed E-state index contributed by atoms with van der Waals surface area (Å²) in [6, 6.07) is 1.91. The molecule has 0 saturated heterocycles. The lowest BCUT2D eigenvalue weighted by Crippen LogP contribution is -2.01. The molecule has 1 aromatic carbocycles. The lowest BCUT2D eigenvalue weighted by molar-refractivity contribution is -0.136. The molecular weight excluding hydrogens is 202 g/mol. The third kappa shape index (κ3) is 2.39. The molecule has 0 radical (unpaired) electrons. The summed E-state index contributed by atoms with van der Waals surface area (Å²) in [5, 5.41) is 7.95. The fourth-order valence-corrected chi connectivity index (χ4v) is 1.12. The first-order chi connectivity index (χ1) is 6.00. The second-order valence-electron chi connectivity index (χ2n) is 2.44. The molecule has 1 N–H and O–H groups in total. The zero-order chi connectivity index (χ0) is 10.0. The van der Waals surface area contributed by atoms with Crippen LogP contribution in [0.2, 0.25) is 5.02 Å². The molecule has 0 heterocycles. The minimum absolute atomic E-state index is 0.136. The van der Waals surface area contributed by atoms with Crippen molar-refractivity contribution in [2.45, 2.75) is 6.42 Å². The van der Waals surface area contributed by atoms with Gasteiger partial charge in [0.25, 0.3) is 0 Å². The van der Waals surface area contributed by atoms with Crippen LogP contribution in [0, 0.1) is 11.6 Å². The van der Waals surface area contributed by atoms with E-state index in [1.54, 1.807) is 0 Å². The molecule has 0 fully saturated rings. The van der Waals surface area contributed by atoms with E-state index in [1.165, 1.54) is 0 Å². The minimum Gasteiger partial charge on any atom is -0.481 e. The lowest BCUT2D eigenvalue weighted by Gasteiger charge is -2.00. The number of halogens is 3. The average molecular weight is 207 g/mol. The highest BCUT2D eigenvalue weighted by molar-refractivity contribution is 6.30. The standard InChI is InChI=1S/C8H5ClF2O2/c9-5-1-4(3-7(12)13)2-6(10)8(5)11/h1-2H,3H2,(H,12,13). The van der Waals surface area contributed by atoms with Gasteiger partial charge in [0.1, 0.15) is 0 Å². The van der Waals surface area contributed by atoms with Crippen molar-refractivity contribution < 1.29 is 18.7 Å². The van der Waals surface area contributed by atoms with Gasteiger partial charge in [-0.1, -0.05) is 11.6 Å². The van der Waals surface area contributed by atoms with E-state index in [-0.39, 0.29) is 12.0 Å². The Morgan fingerprint density at radius 2 is 2.08 bits per heavy atom. The zero-order valence-electron chi connectivity index (χ0n) is 6.35. The molecule has 5 heteroatoms. The van der Waals surface area contributed by atoms with Crippen molar-refractivity contribution in [2.75, 3.05) is 0 Å². The Bertz CT molecular complexity index is 329. The molecule has 13 heavy (non-hydrogen) atoms. The molecule has 1 aromatic rings. The molecule has 0 bridgehead atoms. The molecule has 0 aliphatic carbocycles. The first-order valence-corrected chi connectivity index (χ1v) is 3.73. The van der Waals surface area contributed by atoms with E-state index in [2.05, 4.69) is 0 Å². The normalized spacial score (nSPS) is 10.1. The van der Waals surface area contributed by atoms with E-state index >= 15 is 0 Å². The molecule has 0 aliphatic rings. The molecule has 70 valence electrons. The van der Waals surface area contributed by atoms with Crippen LogP contribution in [-0.4, -0.2) is 11.1 Å². The van der Waals surface area contributed by atoms with Crippen LogP contribution >= 0.6 is 11.6 Å². The fraction of sp³-hybridized carbons (Fsp3) is 0.125.